The molecule has 3 N–H and O–H groups in total. The van der Waals surface area contributed by atoms with Crippen molar-refractivity contribution >= 4 is 28.6 Å². The first kappa shape index (κ1) is 25.7. The van der Waals surface area contributed by atoms with Gasteiger partial charge in [0.2, 0.25) is 11.8 Å². The van der Waals surface area contributed by atoms with E-state index in [-0.39, 0.29) is 37.7 Å². The molecular formula is C29H28N6O5. The molecule has 2 aliphatic rings. The molecule has 3 amide bonds. The third kappa shape index (κ3) is 5.29. The summed E-state index contributed by atoms with van der Waals surface area (Å²) in [6.07, 6.45) is 5.26. The van der Waals surface area contributed by atoms with E-state index in [9.17, 15) is 14.4 Å². The van der Waals surface area contributed by atoms with Gasteiger partial charge >= 0.3 is 0 Å². The quantitative estimate of drug-likeness (QED) is 0.326. The fourth-order valence-electron chi connectivity index (χ4n) is 5.15. The number of pyridine rings is 2. The van der Waals surface area contributed by atoms with Crippen LogP contribution in [-0.4, -0.2) is 75.7 Å². The Morgan fingerprint density at radius 1 is 1.00 bits per heavy atom. The molecule has 2 fully saturated rings. The summed E-state index contributed by atoms with van der Waals surface area (Å²) in [6, 6.07) is 16.1. The number of carbonyl (C=O) groups excluding carboxylic acids is 3. The summed E-state index contributed by atoms with van der Waals surface area (Å²) in [7, 11) is 0. The Morgan fingerprint density at radius 3 is 2.58 bits per heavy atom. The number of fused-ring (bicyclic) bond motifs is 1. The largest absolute Gasteiger partial charge is 0.357 e. The average molecular weight is 541 g/mol. The lowest BCUT2D eigenvalue weighted by Gasteiger charge is -2.24. The Labute approximate surface area is 229 Å². The molecule has 11 heteroatoms. The van der Waals surface area contributed by atoms with Crippen LogP contribution in [0.15, 0.2) is 73.2 Å². The van der Waals surface area contributed by atoms with Crippen LogP contribution in [0.3, 0.4) is 0 Å². The summed E-state index contributed by atoms with van der Waals surface area (Å²) in [5, 5.41) is 6.48. The number of H-pyrrole nitrogens is 1. The molecule has 1 atom stereocenters. The van der Waals surface area contributed by atoms with E-state index in [1.54, 1.807) is 24.7 Å². The van der Waals surface area contributed by atoms with Crippen molar-refractivity contribution in [3.8, 4) is 11.1 Å². The van der Waals surface area contributed by atoms with E-state index in [1.165, 1.54) is 4.90 Å². The highest BCUT2D eigenvalue weighted by Gasteiger charge is 2.52. The second-order valence-corrected chi connectivity index (χ2v) is 9.81. The smallest absolute Gasteiger partial charge is 0.270 e. The lowest BCUT2D eigenvalue weighted by Crippen LogP contribution is -2.49. The maximum absolute atomic E-state index is 13.3. The van der Waals surface area contributed by atoms with Crippen LogP contribution in [0.25, 0.3) is 22.0 Å². The number of aromatic nitrogens is 3. The van der Waals surface area contributed by atoms with Gasteiger partial charge in [-0.05, 0) is 23.8 Å². The van der Waals surface area contributed by atoms with Crippen molar-refractivity contribution in [2.45, 2.75) is 24.8 Å². The van der Waals surface area contributed by atoms with Crippen LogP contribution in [0.2, 0.25) is 0 Å². The van der Waals surface area contributed by atoms with Gasteiger partial charge in [-0.1, -0.05) is 36.4 Å². The minimum absolute atomic E-state index is 0.0991. The molecule has 0 aliphatic carbocycles. The number of nitrogens with zero attached hydrogens (tertiary/aromatic N) is 3. The zero-order valence-corrected chi connectivity index (χ0v) is 21.6. The van der Waals surface area contributed by atoms with Gasteiger partial charge < -0.3 is 30.0 Å². The molecule has 2 aliphatic heterocycles. The number of benzene rings is 1. The third-order valence-corrected chi connectivity index (χ3v) is 7.16. The van der Waals surface area contributed by atoms with Gasteiger partial charge in [-0.25, -0.2) is 0 Å². The van der Waals surface area contributed by atoms with Gasteiger partial charge in [0.25, 0.3) is 5.91 Å². The molecule has 204 valence electrons. The van der Waals surface area contributed by atoms with Crippen molar-refractivity contribution in [1.82, 2.24) is 30.5 Å². The van der Waals surface area contributed by atoms with Crippen molar-refractivity contribution in [3.05, 3.63) is 84.6 Å². The van der Waals surface area contributed by atoms with Crippen LogP contribution >= 0.6 is 0 Å². The van der Waals surface area contributed by atoms with Crippen molar-refractivity contribution in [3.63, 3.8) is 0 Å². The molecule has 11 nitrogen and oxygen atoms in total. The molecule has 6 rings (SSSR count). The van der Waals surface area contributed by atoms with Crippen LogP contribution in [0.1, 0.15) is 22.6 Å². The van der Waals surface area contributed by atoms with Gasteiger partial charge in [-0.2, -0.15) is 0 Å². The first-order valence-electron chi connectivity index (χ1n) is 13.1. The van der Waals surface area contributed by atoms with Crippen LogP contribution in [0.5, 0.6) is 0 Å². The Morgan fingerprint density at radius 2 is 1.82 bits per heavy atom. The fraction of sp³-hybridized carbons (Fsp3) is 0.276. The van der Waals surface area contributed by atoms with Crippen molar-refractivity contribution < 1.29 is 23.9 Å². The lowest BCUT2D eigenvalue weighted by molar-refractivity contribution is -0.152. The first-order valence-corrected chi connectivity index (χ1v) is 13.1. The minimum atomic E-state index is -1.02. The van der Waals surface area contributed by atoms with Crippen LogP contribution in [-0.2, 0) is 25.6 Å². The van der Waals surface area contributed by atoms with Crippen LogP contribution in [0.4, 0.5) is 0 Å². The Balaban J connectivity index is 1.09. The Bertz CT molecular complexity index is 1500. The first-order chi connectivity index (χ1) is 19.5. The molecule has 1 spiro atoms. The average Bonchev–Trinajstić information content (AvgIpc) is 3.73. The molecule has 0 bridgehead atoms. The summed E-state index contributed by atoms with van der Waals surface area (Å²) < 4.78 is 11.6. The molecule has 5 heterocycles. The van der Waals surface area contributed by atoms with Gasteiger partial charge in [0, 0.05) is 47.2 Å². The highest BCUT2D eigenvalue weighted by molar-refractivity contribution is 5.96. The van der Waals surface area contributed by atoms with Gasteiger partial charge in [0.05, 0.1) is 32.8 Å². The van der Waals surface area contributed by atoms with E-state index in [1.807, 2.05) is 48.5 Å². The van der Waals surface area contributed by atoms with E-state index in [0.717, 1.165) is 27.7 Å². The topological polar surface area (TPSA) is 139 Å². The normalized spacial score (nSPS) is 17.8. The van der Waals surface area contributed by atoms with E-state index >= 15 is 0 Å². The molecule has 1 aromatic carbocycles. The van der Waals surface area contributed by atoms with Crippen molar-refractivity contribution in [2.24, 2.45) is 0 Å². The Hall–Kier alpha value is -4.61. The highest BCUT2D eigenvalue weighted by Crippen LogP contribution is 2.35. The number of nitrogens with one attached hydrogen (secondary N) is 3. The summed E-state index contributed by atoms with van der Waals surface area (Å²) in [4.78, 5) is 52.3. The van der Waals surface area contributed by atoms with Crippen molar-refractivity contribution in [1.29, 1.82) is 0 Å². The highest BCUT2D eigenvalue weighted by atomic mass is 16.7. The second kappa shape index (κ2) is 10.9. The molecule has 3 aromatic heterocycles. The zero-order valence-electron chi connectivity index (χ0n) is 21.6. The molecule has 40 heavy (non-hydrogen) atoms. The number of aromatic amines is 1. The number of hydrogen-bond acceptors (Lipinski definition) is 7. The SMILES string of the molecule is O=C(NCC(=O)N1CC2(CC1C(=O)NCc1cc3cnccc3[nH]1)OCCO2)c1ccc(-c2ccccc2)cn1. The molecule has 0 radical (unpaired) electrons. The third-order valence-electron chi connectivity index (χ3n) is 7.16. The van der Waals surface area contributed by atoms with Gasteiger partial charge in [0.1, 0.15) is 11.7 Å². The maximum Gasteiger partial charge on any atom is 0.270 e. The predicted molar refractivity (Wildman–Crippen MR) is 145 cm³/mol. The molecule has 2 saturated heterocycles. The number of rotatable bonds is 7. The molecular weight excluding hydrogens is 512 g/mol. The summed E-state index contributed by atoms with van der Waals surface area (Å²) in [5.41, 5.74) is 3.79. The number of likely N-dealkylation sites (tertiary alicyclic amines) is 1. The van der Waals surface area contributed by atoms with Gasteiger partial charge in [-0.15, -0.1) is 0 Å². The van der Waals surface area contributed by atoms with E-state index in [0.29, 0.717) is 13.2 Å². The summed E-state index contributed by atoms with van der Waals surface area (Å²) >= 11 is 0. The van der Waals surface area contributed by atoms with E-state index in [4.69, 9.17) is 9.47 Å². The monoisotopic (exact) mass is 540 g/mol. The fourth-order valence-corrected chi connectivity index (χ4v) is 5.15. The lowest BCUT2D eigenvalue weighted by atomic mass is 10.1. The summed E-state index contributed by atoms with van der Waals surface area (Å²) in [6.45, 7) is 0.835. The standard InChI is InChI=1S/C29H28N6O5/c36-26(17-33-27(37)24-7-6-20(15-31-24)19-4-2-1-3-5-19)35-18-29(39-10-11-40-29)13-25(35)28(38)32-16-22-12-21-14-30-9-8-23(21)34-22/h1-9,12,14-15,25,34H,10-11,13,16-18H2,(H,32,38)(H,33,37). The zero-order chi connectivity index (χ0) is 27.5. The predicted octanol–water partition coefficient (Wildman–Crippen LogP) is 2.02. The van der Waals surface area contributed by atoms with E-state index in [2.05, 4.69) is 25.6 Å². The molecule has 1 unspecified atom stereocenters. The van der Waals surface area contributed by atoms with E-state index < -0.39 is 23.6 Å². The van der Waals surface area contributed by atoms with Gasteiger partial charge in [0.15, 0.2) is 5.79 Å². The summed E-state index contributed by atoms with van der Waals surface area (Å²) in [5.74, 6) is -2.25. The minimum Gasteiger partial charge on any atom is -0.357 e. The number of carbonyl (C=O) groups is 3. The van der Waals surface area contributed by atoms with Crippen LogP contribution in [0, 0.1) is 0 Å². The molecule has 4 aromatic rings. The molecule has 0 saturated carbocycles. The van der Waals surface area contributed by atoms with Crippen LogP contribution < -0.4 is 10.6 Å². The number of amides is 3. The number of ether oxygens (including phenoxy) is 2. The Kier molecular flexibility index (Phi) is 6.97. The second-order valence-electron chi connectivity index (χ2n) is 9.81. The van der Waals surface area contributed by atoms with Gasteiger partial charge in [-0.3, -0.25) is 24.4 Å². The maximum atomic E-state index is 13.3. The van der Waals surface area contributed by atoms with Crippen molar-refractivity contribution in [2.75, 3.05) is 26.3 Å². The number of hydrogen-bond donors (Lipinski definition) is 3.